The fraction of sp³-hybridized carbons (Fsp3) is 0.320. The van der Waals surface area contributed by atoms with Crippen molar-refractivity contribution in [2.24, 2.45) is 5.92 Å². The van der Waals surface area contributed by atoms with Gasteiger partial charge in [-0.05, 0) is 43.9 Å². The Balaban J connectivity index is 1.63. The van der Waals surface area contributed by atoms with Crippen LogP contribution in [-0.4, -0.2) is 22.9 Å². The van der Waals surface area contributed by atoms with Gasteiger partial charge in [-0.15, -0.1) is 0 Å². The number of fused-ring (bicyclic) bond motifs is 1. The zero-order valence-electron chi connectivity index (χ0n) is 18.4. The van der Waals surface area contributed by atoms with Crippen LogP contribution >= 0.6 is 0 Å². The van der Waals surface area contributed by atoms with Gasteiger partial charge in [0.2, 0.25) is 5.91 Å². The lowest BCUT2D eigenvalue weighted by molar-refractivity contribution is -0.124. The van der Waals surface area contributed by atoms with Gasteiger partial charge in [-0.25, -0.2) is 13.2 Å². The molecule has 0 bridgehead atoms. The van der Waals surface area contributed by atoms with Crippen molar-refractivity contribution >= 4 is 28.1 Å². The molecule has 1 aliphatic carbocycles. The highest BCUT2D eigenvalue weighted by Gasteiger charge is 2.22. The molecule has 0 fully saturated rings. The highest BCUT2D eigenvalue weighted by atomic mass is 19.3. The first-order chi connectivity index (χ1) is 15.9. The van der Waals surface area contributed by atoms with Crippen LogP contribution in [0, 0.1) is 11.7 Å². The standard InChI is InChI=1S/C25H25F3N4O/c1-14(17-4-3-5-18(23(17)26)24(27)28)32-20-10-11-30-22-13-31-21(12-19(20)22)15-6-8-16(9-7-15)25(33)29-2/h3-6,10-14,16,24H,7-9H2,1-2H3,(H,29,33)(H,30,32)/t14-,16?/m1/s1. The van der Waals surface area contributed by atoms with E-state index >= 15 is 0 Å². The third-order valence-corrected chi connectivity index (χ3v) is 6.12. The van der Waals surface area contributed by atoms with E-state index in [1.807, 2.05) is 6.07 Å². The summed E-state index contributed by atoms with van der Waals surface area (Å²) >= 11 is 0. The number of rotatable bonds is 6. The van der Waals surface area contributed by atoms with Crippen molar-refractivity contribution in [3.8, 4) is 0 Å². The first-order valence-electron chi connectivity index (χ1n) is 10.9. The van der Waals surface area contributed by atoms with Gasteiger partial charge in [-0.1, -0.05) is 24.3 Å². The quantitative estimate of drug-likeness (QED) is 0.493. The molecule has 8 heteroatoms. The number of hydrogen-bond acceptors (Lipinski definition) is 4. The van der Waals surface area contributed by atoms with Crippen LogP contribution in [0.2, 0.25) is 0 Å². The van der Waals surface area contributed by atoms with Crippen LogP contribution in [0.1, 0.15) is 55.5 Å². The number of halogens is 3. The van der Waals surface area contributed by atoms with Crippen molar-refractivity contribution in [2.75, 3.05) is 12.4 Å². The van der Waals surface area contributed by atoms with Gasteiger partial charge in [0.05, 0.1) is 29.0 Å². The van der Waals surface area contributed by atoms with Crippen molar-refractivity contribution < 1.29 is 18.0 Å². The van der Waals surface area contributed by atoms with E-state index in [1.54, 1.807) is 32.4 Å². The van der Waals surface area contributed by atoms with Crippen LogP contribution in [-0.2, 0) is 4.79 Å². The Labute approximate surface area is 190 Å². The molecule has 1 unspecified atom stereocenters. The Morgan fingerprint density at radius 1 is 1.18 bits per heavy atom. The summed E-state index contributed by atoms with van der Waals surface area (Å²) in [7, 11) is 1.64. The summed E-state index contributed by atoms with van der Waals surface area (Å²) in [6, 6.07) is 7.19. The largest absolute Gasteiger partial charge is 0.378 e. The number of nitrogens with zero attached hydrogens (tertiary/aromatic N) is 2. The van der Waals surface area contributed by atoms with Gasteiger partial charge in [0.1, 0.15) is 5.82 Å². The first kappa shape index (κ1) is 22.8. The average molecular weight is 454 g/mol. The number of benzene rings is 1. The zero-order chi connectivity index (χ0) is 23.5. The molecule has 1 amide bonds. The van der Waals surface area contributed by atoms with Crippen LogP contribution in [0.15, 0.2) is 48.8 Å². The van der Waals surface area contributed by atoms with E-state index in [-0.39, 0.29) is 17.4 Å². The predicted octanol–water partition coefficient (Wildman–Crippen LogP) is 5.81. The maximum Gasteiger partial charge on any atom is 0.266 e. The summed E-state index contributed by atoms with van der Waals surface area (Å²) in [6.45, 7) is 1.73. The van der Waals surface area contributed by atoms with E-state index < -0.39 is 23.8 Å². The van der Waals surface area contributed by atoms with Crippen LogP contribution in [0.25, 0.3) is 16.5 Å². The number of amides is 1. The third kappa shape index (κ3) is 4.69. The number of alkyl halides is 2. The zero-order valence-corrected chi connectivity index (χ0v) is 18.4. The first-order valence-corrected chi connectivity index (χ1v) is 10.9. The molecule has 1 aliphatic rings. The summed E-state index contributed by atoms with van der Waals surface area (Å²) in [6.07, 6.45) is 4.63. The molecule has 5 nitrogen and oxygen atoms in total. The number of hydrogen-bond donors (Lipinski definition) is 2. The lowest BCUT2D eigenvalue weighted by atomic mass is 9.87. The maximum atomic E-state index is 14.6. The molecule has 0 saturated heterocycles. The Morgan fingerprint density at radius 2 is 1.97 bits per heavy atom. The summed E-state index contributed by atoms with van der Waals surface area (Å²) in [5.41, 5.74) is 2.80. The summed E-state index contributed by atoms with van der Waals surface area (Å²) in [4.78, 5) is 20.8. The van der Waals surface area contributed by atoms with Crippen molar-refractivity contribution in [1.29, 1.82) is 0 Å². The van der Waals surface area contributed by atoms with Crippen molar-refractivity contribution in [1.82, 2.24) is 15.3 Å². The Bertz CT molecular complexity index is 1210. The van der Waals surface area contributed by atoms with Crippen molar-refractivity contribution in [3.05, 3.63) is 71.4 Å². The number of aromatic nitrogens is 2. The fourth-order valence-electron chi connectivity index (χ4n) is 4.24. The Hall–Kier alpha value is -3.42. The molecular formula is C25H25F3N4O. The highest BCUT2D eigenvalue weighted by Crippen LogP contribution is 2.34. The minimum absolute atomic E-state index is 0.0298. The second kappa shape index (κ2) is 9.60. The number of carbonyl (C=O) groups excluding carboxylic acids is 1. The second-order valence-corrected chi connectivity index (χ2v) is 8.18. The van der Waals surface area contributed by atoms with E-state index in [2.05, 4.69) is 26.7 Å². The summed E-state index contributed by atoms with van der Waals surface area (Å²) < 4.78 is 40.9. The molecule has 0 spiro atoms. The molecule has 3 aromatic rings. The number of pyridine rings is 2. The summed E-state index contributed by atoms with van der Waals surface area (Å²) in [5.74, 6) is -0.881. The van der Waals surface area contributed by atoms with E-state index in [1.165, 1.54) is 12.1 Å². The average Bonchev–Trinajstić information content (AvgIpc) is 2.83. The number of nitrogens with one attached hydrogen (secondary N) is 2. The Morgan fingerprint density at radius 3 is 2.67 bits per heavy atom. The number of carbonyl (C=O) groups is 1. The highest BCUT2D eigenvalue weighted by molar-refractivity contribution is 5.92. The van der Waals surface area contributed by atoms with Gasteiger partial charge >= 0.3 is 0 Å². The molecule has 0 saturated carbocycles. The molecule has 2 N–H and O–H groups in total. The summed E-state index contributed by atoms with van der Waals surface area (Å²) in [5, 5.41) is 6.74. The molecule has 33 heavy (non-hydrogen) atoms. The Kier molecular flexibility index (Phi) is 6.62. The van der Waals surface area contributed by atoms with Crippen molar-refractivity contribution in [3.63, 3.8) is 0 Å². The minimum atomic E-state index is -2.88. The molecule has 2 atom stereocenters. The fourth-order valence-corrected chi connectivity index (χ4v) is 4.24. The second-order valence-electron chi connectivity index (χ2n) is 8.18. The van der Waals surface area contributed by atoms with E-state index in [9.17, 15) is 18.0 Å². The lowest BCUT2D eigenvalue weighted by Gasteiger charge is -2.21. The smallest absolute Gasteiger partial charge is 0.266 e. The molecule has 1 aromatic carbocycles. The molecule has 0 aliphatic heterocycles. The van der Waals surface area contributed by atoms with Gasteiger partial charge in [-0.3, -0.25) is 14.8 Å². The third-order valence-electron chi connectivity index (χ3n) is 6.12. The lowest BCUT2D eigenvalue weighted by Crippen LogP contribution is -2.28. The van der Waals surface area contributed by atoms with Gasteiger partial charge in [0, 0.05) is 35.8 Å². The maximum absolute atomic E-state index is 14.6. The van der Waals surface area contributed by atoms with E-state index in [4.69, 9.17) is 0 Å². The van der Waals surface area contributed by atoms with Gasteiger partial charge in [0.25, 0.3) is 6.43 Å². The number of anilines is 1. The van der Waals surface area contributed by atoms with Gasteiger partial charge < -0.3 is 10.6 Å². The molecule has 2 heterocycles. The van der Waals surface area contributed by atoms with E-state index in [0.717, 1.165) is 35.6 Å². The van der Waals surface area contributed by atoms with Crippen molar-refractivity contribution in [2.45, 2.75) is 38.7 Å². The molecular weight excluding hydrogens is 429 g/mol. The molecule has 4 rings (SSSR count). The minimum Gasteiger partial charge on any atom is -0.378 e. The number of allylic oxidation sites excluding steroid dienone is 2. The topological polar surface area (TPSA) is 66.9 Å². The molecule has 0 radical (unpaired) electrons. The molecule has 172 valence electrons. The molecule has 2 aromatic heterocycles. The van der Waals surface area contributed by atoms with Crippen LogP contribution < -0.4 is 10.6 Å². The van der Waals surface area contributed by atoms with Crippen LogP contribution in [0.5, 0.6) is 0 Å². The monoisotopic (exact) mass is 454 g/mol. The SMILES string of the molecule is CNC(=O)C1CC=C(c2cc3c(N[C@H](C)c4cccc(C(F)F)c4F)ccnc3cn2)CC1. The van der Waals surface area contributed by atoms with Crippen LogP contribution in [0.4, 0.5) is 18.9 Å². The van der Waals surface area contributed by atoms with Crippen LogP contribution in [0.3, 0.4) is 0 Å². The van der Waals surface area contributed by atoms with Gasteiger partial charge in [-0.2, -0.15) is 0 Å². The normalized spacial score (nSPS) is 17.0. The van der Waals surface area contributed by atoms with Gasteiger partial charge in [0.15, 0.2) is 0 Å². The predicted molar refractivity (Wildman–Crippen MR) is 122 cm³/mol. The van der Waals surface area contributed by atoms with E-state index in [0.29, 0.717) is 17.6 Å².